The molecule has 84 valence electrons. The first-order valence-electron chi connectivity index (χ1n) is 5.22. The second-order valence-electron chi connectivity index (χ2n) is 3.42. The lowest BCUT2D eigenvalue weighted by Crippen LogP contribution is -2.08. The van der Waals surface area contributed by atoms with E-state index >= 15 is 0 Å². The van der Waals surface area contributed by atoms with E-state index in [0.29, 0.717) is 6.61 Å². The van der Waals surface area contributed by atoms with Crippen molar-refractivity contribution in [2.75, 3.05) is 19.8 Å². The van der Waals surface area contributed by atoms with Crippen LogP contribution in [-0.4, -0.2) is 24.9 Å². The van der Waals surface area contributed by atoms with E-state index in [1.807, 2.05) is 31.2 Å². The Morgan fingerprint density at radius 3 is 2.53 bits per heavy atom. The second kappa shape index (κ2) is 6.99. The Labute approximate surface area is 99.4 Å². The summed E-state index contributed by atoms with van der Waals surface area (Å²) in [6.07, 6.45) is 0.867. The van der Waals surface area contributed by atoms with Crippen LogP contribution in [-0.2, 0) is 4.74 Å². The van der Waals surface area contributed by atoms with E-state index < -0.39 is 0 Å². The van der Waals surface area contributed by atoms with Gasteiger partial charge in [0, 0.05) is 23.6 Å². The van der Waals surface area contributed by atoms with Gasteiger partial charge in [-0.3, -0.25) is 0 Å². The number of hydrogen-bond acceptors (Lipinski definition) is 2. The van der Waals surface area contributed by atoms with Gasteiger partial charge in [-0.2, -0.15) is 0 Å². The van der Waals surface area contributed by atoms with E-state index in [2.05, 4.69) is 15.9 Å². The van der Waals surface area contributed by atoms with Gasteiger partial charge in [0.15, 0.2) is 0 Å². The minimum atomic E-state index is 0.175. The van der Waals surface area contributed by atoms with E-state index in [-0.39, 0.29) is 12.5 Å². The minimum Gasteiger partial charge on any atom is -0.396 e. The fourth-order valence-corrected chi connectivity index (χ4v) is 1.73. The number of aliphatic hydroxyl groups excluding tert-OH is 1. The van der Waals surface area contributed by atoms with Crippen LogP contribution in [0.2, 0.25) is 0 Å². The average Bonchev–Trinajstić information content (AvgIpc) is 2.26. The van der Waals surface area contributed by atoms with Crippen molar-refractivity contribution in [3.05, 3.63) is 34.3 Å². The van der Waals surface area contributed by atoms with Crippen LogP contribution in [0.4, 0.5) is 0 Å². The second-order valence-corrected chi connectivity index (χ2v) is 4.33. The van der Waals surface area contributed by atoms with Crippen LogP contribution in [0.25, 0.3) is 0 Å². The van der Waals surface area contributed by atoms with E-state index in [4.69, 9.17) is 4.74 Å². The molecule has 2 nitrogen and oxygen atoms in total. The monoisotopic (exact) mass is 272 g/mol. The average molecular weight is 273 g/mol. The quantitative estimate of drug-likeness (QED) is 0.807. The molecule has 0 bridgehead atoms. The molecule has 0 aliphatic carbocycles. The number of benzene rings is 1. The molecule has 0 spiro atoms. The molecule has 0 radical (unpaired) electrons. The summed E-state index contributed by atoms with van der Waals surface area (Å²) in [7, 11) is 0. The Hall–Kier alpha value is -0.380. The van der Waals surface area contributed by atoms with Crippen molar-refractivity contribution in [3.8, 4) is 0 Å². The number of ether oxygens (including phenoxy) is 1. The summed E-state index contributed by atoms with van der Waals surface area (Å²) in [5, 5.41) is 9.28. The molecule has 3 heteroatoms. The van der Waals surface area contributed by atoms with E-state index in [1.54, 1.807) is 0 Å². The Morgan fingerprint density at radius 2 is 2.00 bits per heavy atom. The van der Waals surface area contributed by atoms with Gasteiger partial charge in [0.2, 0.25) is 0 Å². The molecule has 0 fully saturated rings. The lowest BCUT2D eigenvalue weighted by atomic mass is 9.97. The highest BCUT2D eigenvalue weighted by Crippen LogP contribution is 2.21. The van der Waals surface area contributed by atoms with Gasteiger partial charge in [-0.1, -0.05) is 28.1 Å². The van der Waals surface area contributed by atoms with Gasteiger partial charge in [-0.05, 0) is 31.0 Å². The lowest BCUT2D eigenvalue weighted by Gasteiger charge is -2.14. The highest BCUT2D eigenvalue weighted by Gasteiger charge is 2.09. The van der Waals surface area contributed by atoms with Crippen molar-refractivity contribution in [2.45, 2.75) is 19.3 Å². The largest absolute Gasteiger partial charge is 0.396 e. The molecular weight excluding hydrogens is 256 g/mol. The van der Waals surface area contributed by atoms with Gasteiger partial charge in [-0.25, -0.2) is 0 Å². The maximum absolute atomic E-state index is 9.28. The first-order chi connectivity index (χ1) is 7.27. The maximum Gasteiger partial charge on any atom is 0.0500 e. The van der Waals surface area contributed by atoms with Crippen molar-refractivity contribution in [1.29, 1.82) is 0 Å². The molecule has 0 saturated carbocycles. The number of hydrogen-bond donors (Lipinski definition) is 1. The van der Waals surface area contributed by atoms with Gasteiger partial charge < -0.3 is 9.84 Å². The molecule has 0 heterocycles. The van der Waals surface area contributed by atoms with Crippen LogP contribution >= 0.6 is 15.9 Å². The molecule has 15 heavy (non-hydrogen) atoms. The molecular formula is C12H17BrO2. The predicted molar refractivity (Wildman–Crippen MR) is 65.1 cm³/mol. The SMILES string of the molecule is CCOCCC(CO)c1ccc(Br)cc1. The first kappa shape index (κ1) is 12.7. The fourth-order valence-electron chi connectivity index (χ4n) is 1.47. The third-order valence-electron chi connectivity index (χ3n) is 2.38. The molecule has 0 amide bonds. The molecule has 1 unspecified atom stereocenters. The molecule has 1 aromatic rings. The molecule has 1 rings (SSSR count). The van der Waals surface area contributed by atoms with Gasteiger partial charge in [0.1, 0.15) is 0 Å². The molecule has 0 saturated heterocycles. The number of halogens is 1. The lowest BCUT2D eigenvalue weighted by molar-refractivity contribution is 0.130. The topological polar surface area (TPSA) is 29.5 Å². The van der Waals surface area contributed by atoms with Gasteiger partial charge in [0.25, 0.3) is 0 Å². The fraction of sp³-hybridized carbons (Fsp3) is 0.500. The van der Waals surface area contributed by atoms with E-state index in [9.17, 15) is 5.11 Å². The maximum atomic E-state index is 9.28. The summed E-state index contributed by atoms with van der Waals surface area (Å²) in [5.41, 5.74) is 1.17. The zero-order valence-electron chi connectivity index (χ0n) is 8.95. The van der Waals surface area contributed by atoms with Crippen molar-refractivity contribution < 1.29 is 9.84 Å². The number of rotatable bonds is 6. The summed E-state index contributed by atoms with van der Waals surface area (Å²) in [4.78, 5) is 0. The smallest absolute Gasteiger partial charge is 0.0500 e. The van der Waals surface area contributed by atoms with Crippen LogP contribution in [0.3, 0.4) is 0 Å². The molecule has 1 N–H and O–H groups in total. The highest BCUT2D eigenvalue weighted by molar-refractivity contribution is 9.10. The van der Waals surface area contributed by atoms with Crippen molar-refractivity contribution in [3.63, 3.8) is 0 Å². The predicted octanol–water partition coefficient (Wildman–Crippen LogP) is 2.95. The standard InChI is InChI=1S/C12H17BrO2/c1-2-15-8-7-11(9-14)10-3-5-12(13)6-4-10/h3-6,11,14H,2,7-9H2,1H3. The molecule has 0 aliphatic heterocycles. The molecule has 0 aromatic heterocycles. The Morgan fingerprint density at radius 1 is 1.33 bits per heavy atom. The Balaban J connectivity index is 2.53. The minimum absolute atomic E-state index is 0.175. The normalized spacial score (nSPS) is 12.7. The van der Waals surface area contributed by atoms with Crippen LogP contribution in [0.1, 0.15) is 24.8 Å². The summed E-state index contributed by atoms with van der Waals surface area (Å²) in [5.74, 6) is 0.185. The van der Waals surface area contributed by atoms with Gasteiger partial charge in [-0.15, -0.1) is 0 Å². The third kappa shape index (κ3) is 4.33. The van der Waals surface area contributed by atoms with Crippen LogP contribution in [0, 0.1) is 0 Å². The Kier molecular flexibility index (Phi) is 5.91. The summed E-state index contributed by atoms with van der Waals surface area (Å²) in [6.45, 7) is 3.60. The van der Waals surface area contributed by atoms with Gasteiger partial charge >= 0.3 is 0 Å². The summed E-state index contributed by atoms with van der Waals surface area (Å²) in [6, 6.07) is 8.07. The van der Waals surface area contributed by atoms with Crippen LogP contribution in [0.5, 0.6) is 0 Å². The summed E-state index contributed by atoms with van der Waals surface area (Å²) >= 11 is 3.39. The highest BCUT2D eigenvalue weighted by atomic mass is 79.9. The zero-order chi connectivity index (χ0) is 11.1. The third-order valence-corrected chi connectivity index (χ3v) is 2.91. The van der Waals surface area contributed by atoms with Crippen LogP contribution < -0.4 is 0 Å². The van der Waals surface area contributed by atoms with Crippen LogP contribution in [0.15, 0.2) is 28.7 Å². The zero-order valence-corrected chi connectivity index (χ0v) is 10.5. The van der Waals surface area contributed by atoms with Crippen molar-refractivity contribution in [2.24, 2.45) is 0 Å². The van der Waals surface area contributed by atoms with Crippen molar-refractivity contribution >= 4 is 15.9 Å². The molecule has 1 atom stereocenters. The van der Waals surface area contributed by atoms with E-state index in [1.165, 1.54) is 5.56 Å². The first-order valence-corrected chi connectivity index (χ1v) is 6.01. The van der Waals surface area contributed by atoms with E-state index in [0.717, 1.165) is 17.5 Å². The number of aliphatic hydroxyl groups is 1. The summed E-state index contributed by atoms with van der Waals surface area (Å²) < 4.78 is 6.35. The Bertz CT molecular complexity index is 271. The molecule has 0 aliphatic rings. The van der Waals surface area contributed by atoms with Gasteiger partial charge in [0.05, 0.1) is 6.61 Å². The van der Waals surface area contributed by atoms with Crippen molar-refractivity contribution in [1.82, 2.24) is 0 Å². The molecule has 1 aromatic carbocycles.